The van der Waals surface area contributed by atoms with Gasteiger partial charge in [0.1, 0.15) is 5.75 Å². The Morgan fingerprint density at radius 3 is 2.95 bits per heavy atom. The summed E-state index contributed by atoms with van der Waals surface area (Å²) in [4.78, 5) is 15.8. The summed E-state index contributed by atoms with van der Waals surface area (Å²) < 4.78 is 5.41. The maximum absolute atomic E-state index is 11.9. The van der Waals surface area contributed by atoms with Gasteiger partial charge >= 0.3 is 0 Å². The number of allylic oxidation sites excluding steroid dienone is 1. The second kappa shape index (κ2) is 6.50. The molecule has 0 N–H and O–H groups in total. The lowest BCUT2D eigenvalue weighted by atomic mass is 10.1. The number of hydrogen-bond acceptors (Lipinski definition) is 3. The van der Waals surface area contributed by atoms with Crippen LogP contribution in [0.25, 0.3) is 6.08 Å². The van der Waals surface area contributed by atoms with Crippen LogP contribution in [-0.4, -0.2) is 17.4 Å². The number of carbonyl (C=O) groups is 1. The molecule has 2 aromatic rings. The van der Waals surface area contributed by atoms with Crippen LogP contribution in [0.15, 0.2) is 54.9 Å². The first-order valence-corrected chi connectivity index (χ1v) is 6.15. The molecule has 0 aliphatic heterocycles. The normalized spacial score (nSPS) is 10.6. The lowest BCUT2D eigenvalue weighted by Crippen LogP contribution is -1.94. The van der Waals surface area contributed by atoms with Gasteiger partial charge in [0.2, 0.25) is 0 Å². The highest BCUT2D eigenvalue weighted by Crippen LogP contribution is 2.14. The summed E-state index contributed by atoms with van der Waals surface area (Å²) in [6, 6.07) is 11.1. The van der Waals surface area contributed by atoms with Gasteiger partial charge in [-0.15, -0.1) is 0 Å². The number of hydrogen-bond donors (Lipinski definition) is 0. The van der Waals surface area contributed by atoms with E-state index in [0.29, 0.717) is 12.2 Å². The molecule has 96 valence electrons. The van der Waals surface area contributed by atoms with E-state index < -0.39 is 0 Å². The van der Waals surface area contributed by atoms with Gasteiger partial charge in [0, 0.05) is 18.0 Å². The molecule has 0 aliphatic carbocycles. The quantitative estimate of drug-likeness (QED) is 0.605. The summed E-state index contributed by atoms with van der Waals surface area (Å²) in [6.07, 6.45) is 6.52. The molecule has 1 aromatic heterocycles. The van der Waals surface area contributed by atoms with Crippen LogP contribution < -0.4 is 4.74 Å². The average Bonchev–Trinajstić information content (AvgIpc) is 2.46. The van der Waals surface area contributed by atoms with Crippen LogP contribution >= 0.6 is 0 Å². The first-order valence-electron chi connectivity index (χ1n) is 6.15. The highest BCUT2D eigenvalue weighted by molar-refractivity contribution is 6.06. The third kappa shape index (κ3) is 3.78. The summed E-state index contributed by atoms with van der Waals surface area (Å²) in [5.41, 5.74) is 1.52. The third-order valence-corrected chi connectivity index (χ3v) is 2.54. The molecule has 1 aromatic carbocycles. The highest BCUT2D eigenvalue weighted by atomic mass is 16.5. The number of aromatic nitrogens is 1. The zero-order chi connectivity index (χ0) is 13.5. The Hall–Kier alpha value is -2.42. The van der Waals surface area contributed by atoms with Crippen LogP contribution in [0.3, 0.4) is 0 Å². The van der Waals surface area contributed by atoms with Crippen LogP contribution in [-0.2, 0) is 0 Å². The van der Waals surface area contributed by atoms with Crippen molar-refractivity contribution in [1.29, 1.82) is 0 Å². The molecule has 0 spiro atoms. The Bertz CT molecular complexity index is 576. The van der Waals surface area contributed by atoms with Gasteiger partial charge in [0.15, 0.2) is 5.78 Å². The zero-order valence-corrected chi connectivity index (χ0v) is 10.7. The van der Waals surface area contributed by atoms with Crippen LogP contribution in [0.2, 0.25) is 0 Å². The molecule has 19 heavy (non-hydrogen) atoms. The van der Waals surface area contributed by atoms with Gasteiger partial charge in [0.05, 0.1) is 6.61 Å². The fourth-order valence-corrected chi connectivity index (χ4v) is 1.65. The highest BCUT2D eigenvalue weighted by Gasteiger charge is 2.00. The molecule has 0 aliphatic rings. The van der Waals surface area contributed by atoms with Crippen molar-refractivity contribution in [3.05, 3.63) is 66.0 Å². The molecule has 0 saturated heterocycles. The van der Waals surface area contributed by atoms with Gasteiger partial charge in [-0.25, -0.2) is 0 Å². The number of nitrogens with zero attached hydrogens (tertiary/aromatic N) is 1. The molecule has 1 heterocycles. The second-order valence-electron chi connectivity index (χ2n) is 3.94. The fourth-order valence-electron chi connectivity index (χ4n) is 1.65. The Morgan fingerprint density at radius 1 is 1.32 bits per heavy atom. The molecule has 0 radical (unpaired) electrons. The van der Waals surface area contributed by atoms with Gasteiger partial charge in [-0.05, 0) is 42.8 Å². The predicted octanol–water partition coefficient (Wildman–Crippen LogP) is 3.38. The van der Waals surface area contributed by atoms with E-state index in [1.807, 2.05) is 31.2 Å². The monoisotopic (exact) mass is 253 g/mol. The first kappa shape index (κ1) is 13.0. The summed E-state index contributed by atoms with van der Waals surface area (Å²) in [6.45, 7) is 2.57. The molecular weight excluding hydrogens is 238 g/mol. The molecule has 0 atom stereocenters. The van der Waals surface area contributed by atoms with Gasteiger partial charge < -0.3 is 4.74 Å². The summed E-state index contributed by atoms with van der Waals surface area (Å²) in [5, 5.41) is 0. The number of ketones is 1. The van der Waals surface area contributed by atoms with Crippen molar-refractivity contribution in [3.63, 3.8) is 0 Å². The van der Waals surface area contributed by atoms with Gasteiger partial charge in [-0.3, -0.25) is 9.78 Å². The fraction of sp³-hybridized carbons (Fsp3) is 0.125. The van der Waals surface area contributed by atoms with Crippen LogP contribution in [0.1, 0.15) is 22.8 Å². The minimum Gasteiger partial charge on any atom is -0.494 e. The lowest BCUT2D eigenvalue weighted by molar-refractivity contribution is 0.104. The van der Waals surface area contributed by atoms with E-state index in [-0.39, 0.29) is 5.78 Å². The van der Waals surface area contributed by atoms with E-state index in [1.165, 1.54) is 0 Å². The van der Waals surface area contributed by atoms with Gasteiger partial charge in [0.25, 0.3) is 0 Å². The average molecular weight is 253 g/mol. The summed E-state index contributed by atoms with van der Waals surface area (Å²) in [5.74, 6) is 0.744. The molecule has 0 saturated carbocycles. The number of benzene rings is 1. The Balaban J connectivity index is 2.10. The number of pyridine rings is 1. The van der Waals surface area contributed by atoms with Crippen molar-refractivity contribution >= 4 is 11.9 Å². The summed E-state index contributed by atoms with van der Waals surface area (Å²) >= 11 is 0. The molecule has 0 unspecified atom stereocenters. The predicted molar refractivity (Wildman–Crippen MR) is 75.2 cm³/mol. The Kier molecular flexibility index (Phi) is 4.45. The van der Waals surface area contributed by atoms with Crippen LogP contribution in [0, 0.1) is 0 Å². The standard InChI is InChI=1S/C16H15NO2/c1-2-19-15-7-3-5-13(11-15)8-9-16(18)14-6-4-10-17-12-14/h3-12H,2H2,1H3/b9-8+. The van der Waals surface area contributed by atoms with Crippen molar-refractivity contribution in [2.45, 2.75) is 6.92 Å². The van der Waals surface area contributed by atoms with Crippen LogP contribution in [0.5, 0.6) is 5.75 Å². The van der Waals surface area contributed by atoms with Crippen LogP contribution in [0.4, 0.5) is 0 Å². The topological polar surface area (TPSA) is 39.2 Å². The summed E-state index contributed by atoms with van der Waals surface area (Å²) in [7, 11) is 0. The molecule has 3 heteroatoms. The van der Waals surface area contributed by atoms with Crippen molar-refractivity contribution in [2.75, 3.05) is 6.61 Å². The molecule has 3 nitrogen and oxygen atoms in total. The lowest BCUT2D eigenvalue weighted by Gasteiger charge is -2.02. The van der Waals surface area contributed by atoms with Gasteiger partial charge in [-0.1, -0.05) is 18.2 Å². The third-order valence-electron chi connectivity index (χ3n) is 2.54. The molecule has 0 bridgehead atoms. The maximum Gasteiger partial charge on any atom is 0.187 e. The minimum absolute atomic E-state index is 0.0603. The first-order chi connectivity index (χ1) is 9.29. The van der Waals surface area contributed by atoms with E-state index in [2.05, 4.69) is 4.98 Å². The molecular formula is C16H15NO2. The number of rotatable bonds is 5. The van der Waals surface area contributed by atoms with E-state index >= 15 is 0 Å². The molecule has 0 fully saturated rings. The SMILES string of the molecule is CCOc1cccc(/C=C/C(=O)c2cccnc2)c1. The maximum atomic E-state index is 11.9. The Labute approximate surface area is 112 Å². The molecule has 2 rings (SSSR count). The smallest absolute Gasteiger partial charge is 0.187 e. The van der Waals surface area contributed by atoms with E-state index in [1.54, 1.807) is 36.7 Å². The largest absolute Gasteiger partial charge is 0.494 e. The zero-order valence-electron chi connectivity index (χ0n) is 10.7. The van der Waals surface area contributed by atoms with E-state index in [4.69, 9.17) is 4.74 Å². The van der Waals surface area contributed by atoms with E-state index in [9.17, 15) is 4.79 Å². The van der Waals surface area contributed by atoms with Crippen molar-refractivity contribution in [3.8, 4) is 5.75 Å². The molecule has 0 amide bonds. The van der Waals surface area contributed by atoms with Crippen molar-refractivity contribution in [1.82, 2.24) is 4.98 Å². The van der Waals surface area contributed by atoms with Crippen molar-refractivity contribution < 1.29 is 9.53 Å². The minimum atomic E-state index is -0.0603. The number of carbonyl (C=O) groups excluding carboxylic acids is 1. The second-order valence-corrected chi connectivity index (χ2v) is 3.94. The van der Waals surface area contributed by atoms with Gasteiger partial charge in [-0.2, -0.15) is 0 Å². The van der Waals surface area contributed by atoms with Crippen molar-refractivity contribution in [2.24, 2.45) is 0 Å². The number of ether oxygens (including phenoxy) is 1. The Morgan fingerprint density at radius 2 is 2.21 bits per heavy atom. The van der Waals surface area contributed by atoms with E-state index in [0.717, 1.165) is 11.3 Å².